The Morgan fingerprint density at radius 1 is 1.33 bits per heavy atom. The van der Waals surface area contributed by atoms with Crippen LogP contribution in [-0.4, -0.2) is 17.5 Å². The van der Waals surface area contributed by atoms with E-state index in [4.69, 9.17) is 28.6 Å². The van der Waals surface area contributed by atoms with Crippen molar-refractivity contribution in [1.29, 1.82) is 5.26 Å². The molecule has 0 amide bonds. The minimum Gasteiger partial charge on any atom is -0.323 e. The first kappa shape index (κ1) is 13.3. The average molecular weight is 231 g/mol. The largest absolute Gasteiger partial charge is 0.394 e. The van der Waals surface area contributed by atoms with Gasteiger partial charge in [0, 0.05) is 0 Å². The maximum absolute atomic E-state index is 8.74. The molecule has 5 N–H and O–H groups in total. The Labute approximate surface area is 86.7 Å². The van der Waals surface area contributed by atoms with Crippen molar-refractivity contribution < 1.29 is 17.5 Å². The number of nitrogens with one attached hydrogen (secondary N) is 1. The standard InChI is InChI=1S/C7H7N3.H2O4S/c8-5-6-3-1-2-4-7(6)10-9;1-5(2,3)4/h1-4,10H,9H2;(H2,1,2,3,4). The van der Waals surface area contributed by atoms with Crippen molar-refractivity contribution in [2.45, 2.75) is 0 Å². The molecular weight excluding hydrogens is 222 g/mol. The molecule has 8 heteroatoms. The highest BCUT2D eigenvalue weighted by Gasteiger charge is 1.94. The van der Waals surface area contributed by atoms with Crippen molar-refractivity contribution in [1.82, 2.24) is 0 Å². The van der Waals surface area contributed by atoms with Gasteiger partial charge >= 0.3 is 10.4 Å². The van der Waals surface area contributed by atoms with Crippen LogP contribution in [0.4, 0.5) is 5.69 Å². The number of nitrogens with zero attached hydrogens (tertiary/aromatic N) is 1. The van der Waals surface area contributed by atoms with Crippen LogP contribution < -0.4 is 11.3 Å². The van der Waals surface area contributed by atoms with Crippen LogP contribution in [0.25, 0.3) is 0 Å². The van der Waals surface area contributed by atoms with E-state index in [1.807, 2.05) is 12.1 Å². The summed E-state index contributed by atoms with van der Waals surface area (Å²) in [4.78, 5) is 0. The Hall–Kier alpha value is -1.66. The third-order valence-electron chi connectivity index (χ3n) is 1.20. The van der Waals surface area contributed by atoms with Crippen molar-refractivity contribution in [3.8, 4) is 6.07 Å². The third-order valence-corrected chi connectivity index (χ3v) is 1.20. The lowest BCUT2D eigenvalue weighted by molar-refractivity contribution is 0.381. The summed E-state index contributed by atoms with van der Waals surface area (Å²) < 4.78 is 31.6. The van der Waals surface area contributed by atoms with Gasteiger partial charge in [-0.1, -0.05) is 12.1 Å². The monoisotopic (exact) mass is 231 g/mol. The first-order valence-corrected chi connectivity index (χ1v) is 4.94. The molecule has 0 atom stereocenters. The number of hydrazine groups is 1. The van der Waals surface area contributed by atoms with Crippen molar-refractivity contribution in [3.63, 3.8) is 0 Å². The summed E-state index contributed by atoms with van der Waals surface area (Å²) in [7, 11) is -4.67. The molecule has 0 aliphatic rings. The van der Waals surface area contributed by atoms with Crippen molar-refractivity contribution in [2.24, 2.45) is 5.84 Å². The molecule has 7 nitrogen and oxygen atoms in total. The molecule has 1 rings (SSSR count). The SMILES string of the molecule is N#Cc1ccccc1NN.O=S(=O)(O)O. The Bertz CT molecular complexity index is 444. The average Bonchev–Trinajstić information content (AvgIpc) is 2.15. The van der Waals surface area contributed by atoms with Gasteiger partial charge in [-0.2, -0.15) is 13.7 Å². The second-order valence-corrected chi connectivity index (χ2v) is 3.15. The van der Waals surface area contributed by atoms with E-state index in [-0.39, 0.29) is 0 Å². The summed E-state index contributed by atoms with van der Waals surface area (Å²) in [6.07, 6.45) is 0. The van der Waals surface area contributed by atoms with Gasteiger partial charge in [0.15, 0.2) is 0 Å². The molecule has 0 heterocycles. The molecule has 0 aromatic heterocycles. The van der Waals surface area contributed by atoms with Crippen molar-refractivity contribution in [3.05, 3.63) is 29.8 Å². The van der Waals surface area contributed by atoms with Gasteiger partial charge < -0.3 is 5.43 Å². The first-order valence-electron chi connectivity index (χ1n) is 3.54. The summed E-state index contributed by atoms with van der Waals surface area (Å²) in [5, 5.41) is 8.50. The normalized spacial score (nSPS) is 9.47. The smallest absolute Gasteiger partial charge is 0.323 e. The number of rotatable bonds is 1. The number of nitriles is 1. The number of hydrogen-bond acceptors (Lipinski definition) is 5. The van der Waals surface area contributed by atoms with Crippen LogP contribution in [0.3, 0.4) is 0 Å². The number of benzene rings is 1. The van der Waals surface area contributed by atoms with Crippen LogP contribution in [0.5, 0.6) is 0 Å². The molecule has 0 unspecified atom stereocenters. The molecule has 0 saturated heterocycles. The highest BCUT2D eigenvalue weighted by molar-refractivity contribution is 7.79. The highest BCUT2D eigenvalue weighted by Crippen LogP contribution is 2.10. The summed E-state index contributed by atoms with van der Waals surface area (Å²) >= 11 is 0. The minimum atomic E-state index is -4.67. The summed E-state index contributed by atoms with van der Waals surface area (Å²) in [5.74, 6) is 5.13. The summed E-state index contributed by atoms with van der Waals surface area (Å²) in [6.45, 7) is 0. The Morgan fingerprint density at radius 3 is 2.13 bits per heavy atom. The van der Waals surface area contributed by atoms with Crippen LogP contribution in [0.15, 0.2) is 24.3 Å². The van der Waals surface area contributed by atoms with Gasteiger partial charge in [0.1, 0.15) is 6.07 Å². The molecular formula is C7H9N3O4S. The van der Waals surface area contributed by atoms with Gasteiger partial charge in [-0.25, -0.2) is 0 Å². The van der Waals surface area contributed by atoms with Crippen LogP contribution in [0.1, 0.15) is 5.56 Å². The van der Waals surface area contributed by atoms with E-state index in [9.17, 15) is 0 Å². The van der Waals surface area contributed by atoms with E-state index in [2.05, 4.69) is 5.43 Å². The molecule has 0 fully saturated rings. The third kappa shape index (κ3) is 7.41. The van der Waals surface area contributed by atoms with E-state index >= 15 is 0 Å². The molecule has 15 heavy (non-hydrogen) atoms. The quantitative estimate of drug-likeness (QED) is 0.307. The number of nitrogens with two attached hydrogens (primary N) is 1. The van der Waals surface area contributed by atoms with E-state index in [1.165, 1.54) is 0 Å². The zero-order chi connectivity index (χ0) is 11.9. The Morgan fingerprint density at radius 2 is 1.80 bits per heavy atom. The second kappa shape index (κ2) is 5.94. The van der Waals surface area contributed by atoms with Crippen molar-refractivity contribution in [2.75, 3.05) is 5.43 Å². The van der Waals surface area contributed by atoms with Crippen LogP contribution in [0, 0.1) is 11.3 Å². The van der Waals surface area contributed by atoms with Gasteiger partial charge in [0.05, 0.1) is 11.3 Å². The lowest BCUT2D eigenvalue weighted by Gasteiger charge is -1.99. The fraction of sp³-hybridized carbons (Fsp3) is 0. The molecule has 1 aromatic carbocycles. The van der Waals surface area contributed by atoms with Crippen LogP contribution >= 0.6 is 0 Å². The lowest BCUT2D eigenvalue weighted by atomic mass is 10.2. The predicted molar refractivity (Wildman–Crippen MR) is 53.1 cm³/mol. The molecule has 0 bridgehead atoms. The number of hydrogen-bond donors (Lipinski definition) is 4. The molecule has 82 valence electrons. The van der Waals surface area contributed by atoms with E-state index in [0.717, 1.165) is 0 Å². The highest BCUT2D eigenvalue weighted by atomic mass is 32.3. The fourth-order valence-electron chi connectivity index (χ4n) is 0.706. The van der Waals surface area contributed by atoms with E-state index < -0.39 is 10.4 Å². The topological polar surface area (TPSA) is 136 Å². The zero-order valence-electron chi connectivity index (χ0n) is 7.45. The maximum atomic E-state index is 8.74. The molecule has 0 aliphatic carbocycles. The van der Waals surface area contributed by atoms with Gasteiger partial charge in [0.2, 0.25) is 0 Å². The number of nitrogen functional groups attached to an aromatic ring is 1. The van der Waals surface area contributed by atoms with Crippen LogP contribution in [0.2, 0.25) is 0 Å². The van der Waals surface area contributed by atoms with E-state index in [1.54, 1.807) is 18.2 Å². The first-order chi connectivity index (χ1) is 6.88. The van der Waals surface area contributed by atoms with Gasteiger partial charge in [0.25, 0.3) is 0 Å². The van der Waals surface area contributed by atoms with Crippen LogP contribution in [-0.2, 0) is 10.4 Å². The summed E-state index contributed by atoms with van der Waals surface area (Å²) in [5.41, 5.74) is 3.64. The van der Waals surface area contributed by atoms with E-state index in [0.29, 0.717) is 11.3 Å². The zero-order valence-corrected chi connectivity index (χ0v) is 8.27. The van der Waals surface area contributed by atoms with Gasteiger partial charge in [-0.05, 0) is 12.1 Å². The molecule has 0 spiro atoms. The Balaban J connectivity index is 0.000000336. The molecule has 0 aliphatic heterocycles. The fourth-order valence-corrected chi connectivity index (χ4v) is 0.706. The molecule has 0 saturated carbocycles. The Kier molecular flexibility index (Phi) is 5.29. The molecule has 1 aromatic rings. The maximum Gasteiger partial charge on any atom is 0.394 e. The second-order valence-electron chi connectivity index (χ2n) is 2.25. The predicted octanol–water partition coefficient (Wildman–Crippen LogP) is 0.191. The van der Waals surface area contributed by atoms with Gasteiger partial charge in [-0.15, -0.1) is 0 Å². The summed E-state index contributed by atoms with van der Waals surface area (Å²) in [6, 6.07) is 9.06. The number of para-hydroxylation sites is 1. The lowest BCUT2D eigenvalue weighted by Crippen LogP contribution is -2.07. The number of anilines is 1. The molecule has 0 radical (unpaired) electrons. The van der Waals surface area contributed by atoms with Gasteiger partial charge in [-0.3, -0.25) is 14.9 Å². The minimum absolute atomic E-state index is 0.560. The van der Waals surface area contributed by atoms with Crippen molar-refractivity contribution >= 4 is 16.1 Å².